The van der Waals surface area contributed by atoms with E-state index in [1.165, 1.54) is 18.4 Å². The zero-order valence-corrected chi connectivity index (χ0v) is 20.4. The number of sulfonamides is 1. The van der Waals surface area contributed by atoms with E-state index in [1.807, 2.05) is 37.1 Å². The Morgan fingerprint density at radius 3 is 2.53 bits per heavy atom. The molecule has 10 heteroatoms. The number of hydrogen-bond donors (Lipinski definition) is 0. The van der Waals surface area contributed by atoms with Crippen LogP contribution >= 0.6 is 0 Å². The van der Waals surface area contributed by atoms with Crippen LogP contribution < -0.4 is 0 Å². The maximum absolute atomic E-state index is 12.5. The van der Waals surface area contributed by atoms with Gasteiger partial charge in [-0.25, -0.2) is 17.7 Å². The minimum absolute atomic E-state index is 0.0360. The van der Waals surface area contributed by atoms with Crippen LogP contribution in [0.15, 0.2) is 23.1 Å². The van der Waals surface area contributed by atoms with Gasteiger partial charge in [0.1, 0.15) is 12.4 Å². The molecule has 9 nitrogen and oxygen atoms in total. The molecule has 1 aromatic carbocycles. The number of aromatic nitrogens is 4. The van der Waals surface area contributed by atoms with Gasteiger partial charge < -0.3 is 9.30 Å². The van der Waals surface area contributed by atoms with Gasteiger partial charge in [-0.05, 0) is 50.5 Å². The van der Waals surface area contributed by atoms with Crippen LogP contribution in [0.5, 0.6) is 0 Å². The summed E-state index contributed by atoms with van der Waals surface area (Å²) >= 11 is 0. The highest BCUT2D eigenvalue weighted by atomic mass is 32.2. The van der Waals surface area contributed by atoms with Gasteiger partial charge in [0.15, 0.2) is 0 Å². The normalized spacial score (nSPS) is 12.1. The molecule has 0 N–H and O–H groups in total. The van der Waals surface area contributed by atoms with E-state index in [1.54, 1.807) is 18.2 Å². The fourth-order valence-corrected chi connectivity index (χ4v) is 4.66. The topological polar surface area (TPSA) is 99.3 Å². The van der Waals surface area contributed by atoms with E-state index in [2.05, 4.69) is 10.1 Å². The third-order valence-electron chi connectivity index (χ3n) is 5.62. The third-order valence-corrected chi connectivity index (χ3v) is 7.44. The summed E-state index contributed by atoms with van der Waals surface area (Å²) in [6.45, 7) is 6.70. The SMILES string of the molecule is CCCn1c(COC(=O)CCc2c(C)nn(C)c2C)nc2cc(S(=O)(=O)N(C)C)ccc21. The molecule has 0 atom stereocenters. The van der Waals surface area contributed by atoms with Gasteiger partial charge in [-0.3, -0.25) is 9.48 Å². The first kappa shape index (κ1) is 23.9. The molecule has 0 aliphatic carbocycles. The lowest BCUT2D eigenvalue weighted by molar-refractivity contribution is -0.145. The highest BCUT2D eigenvalue weighted by molar-refractivity contribution is 7.89. The summed E-state index contributed by atoms with van der Waals surface area (Å²) in [5.41, 5.74) is 4.41. The summed E-state index contributed by atoms with van der Waals surface area (Å²) in [5.74, 6) is 0.293. The summed E-state index contributed by atoms with van der Waals surface area (Å²) in [6, 6.07) is 4.91. The van der Waals surface area contributed by atoms with Gasteiger partial charge in [-0.1, -0.05) is 6.92 Å². The van der Waals surface area contributed by atoms with Gasteiger partial charge in [0.2, 0.25) is 10.0 Å². The fourth-order valence-electron chi connectivity index (χ4n) is 3.74. The van der Waals surface area contributed by atoms with Crippen molar-refractivity contribution in [1.82, 2.24) is 23.6 Å². The van der Waals surface area contributed by atoms with Crippen molar-refractivity contribution in [3.8, 4) is 0 Å². The average molecular weight is 462 g/mol. The fraction of sp³-hybridized carbons (Fsp3) is 0.500. The zero-order valence-electron chi connectivity index (χ0n) is 19.5. The Morgan fingerprint density at radius 1 is 1.22 bits per heavy atom. The summed E-state index contributed by atoms with van der Waals surface area (Å²) in [5, 5.41) is 4.38. The third kappa shape index (κ3) is 4.71. The van der Waals surface area contributed by atoms with Crippen molar-refractivity contribution < 1.29 is 17.9 Å². The number of carbonyl (C=O) groups excluding carboxylic acids is 1. The number of aryl methyl sites for hydroxylation is 3. The molecular formula is C22H31N5O4S. The lowest BCUT2D eigenvalue weighted by Gasteiger charge is -2.11. The molecule has 2 heterocycles. The Labute approximate surface area is 189 Å². The van der Waals surface area contributed by atoms with Crippen LogP contribution in [-0.4, -0.2) is 52.1 Å². The summed E-state index contributed by atoms with van der Waals surface area (Å²) in [4.78, 5) is 17.2. The van der Waals surface area contributed by atoms with Crippen molar-refractivity contribution in [1.29, 1.82) is 0 Å². The molecule has 0 aliphatic rings. The lowest BCUT2D eigenvalue weighted by atomic mass is 10.1. The number of ether oxygens (including phenoxy) is 1. The van der Waals surface area contributed by atoms with Crippen molar-refractivity contribution in [2.24, 2.45) is 7.05 Å². The summed E-state index contributed by atoms with van der Waals surface area (Å²) in [7, 11) is 1.32. The molecule has 0 aliphatic heterocycles. The van der Waals surface area contributed by atoms with E-state index in [-0.39, 0.29) is 23.9 Å². The number of rotatable bonds is 9. The number of hydrogen-bond acceptors (Lipinski definition) is 6. The van der Waals surface area contributed by atoms with E-state index >= 15 is 0 Å². The smallest absolute Gasteiger partial charge is 0.306 e. The quantitative estimate of drug-likeness (QED) is 0.454. The van der Waals surface area contributed by atoms with E-state index < -0.39 is 10.0 Å². The monoisotopic (exact) mass is 461 g/mol. The highest BCUT2D eigenvalue weighted by Crippen LogP contribution is 2.23. The van der Waals surface area contributed by atoms with E-state index in [0.29, 0.717) is 24.3 Å². The Morgan fingerprint density at radius 2 is 1.94 bits per heavy atom. The molecule has 0 unspecified atom stereocenters. The van der Waals surface area contributed by atoms with Crippen LogP contribution in [0.4, 0.5) is 0 Å². The second-order valence-corrected chi connectivity index (χ2v) is 10.2. The number of fused-ring (bicyclic) bond motifs is 1. The molecule has 0 bridgehead atoms. The van der Waals surface area contributed by atoms with E-state index in [4.69, 9.17) is 4.74 Å². The molecule has 32 heavy (non-hydrogen) atoms. The first-order chi connectivity index (χ1) is 15.1. The number of esters is 1. The first-order valence-electron chi connectivity index (χ1n) is 10.6. The number of benzene rings is 1. The van der Waals surface area contributed by atoms with Gasteiger partial charge in [-0.15, -0.1) is 0 Å². The maximum Gasteiger partial charge on any atom is 0.306 e. The highest BCUT2D eigenvalue weighted by Gasteiger charge is 2.20. The Balaban J connectivity index is 1.77. The number of carbonyl (C=O) groups is 1. The van der Waals surface area contributed by atoms with Gasteiger partial charge >= 0.3 is 5.97 Å². The molecule has 0 saturated heterocycles. The van der Waals surface area contributed by atoms with Crippen LogP contribution in [0.2, 0.25) is 0 Å². The predicted molar refractivity (Wildman–Crippen MR) is 122 cm³/mol. The van der Waals surface area contributed by atoms with E-state index in [0.717, 1.165) is 28.9 Å². The molecule has 0 saturated carbocycles. The standard InChI is InChI=1S/C22H31N5O4S/c1-7-12-27-20-10-8-17(32(29,30)25(4)5)13-19(20)23-21(27)14-31-22(28)11-9-18-15(2)24-26(6)16(18)3/h8,10,13H,7,9,11-12,14H2,1-6H3. The van der Waals surface area contributed by atoms with Crippen LogP contribution in [0.25, 0.3) is 11.0 Å². The lowest BCUT2D eigenvalue weighted by Crippen LogP contribution is -2.22. The predicted octanol–water partition coefficient (Wildman–Crippen LogP) is 2.72. The molecule has 0 radical (unpaired) electrons. The van der Waals surface area contributed by atoms with Crippen molar-refractivity contribution in [2.45, 2.75) is 58.1 Å². The maximum atomic E-state index is 12.5. The van der Waals surface area contributed by atoms with Gasteiger partial charge in [0, 0.05) is 39.8 Å². The zero-order chi connectivity index (χ0) is 23.6. The summed E-state index contributed by atoms with van der Waals surface area (Å²) < 4.78 is 35.4. The molecule has 3 aromatic rings. The van der Waals surface area contributed by atoms with Gasteiger partial charge in [0.25, 0.3) is 0 Å². The number of imidazole rings is 1. The van der Waals surface area contributed by atoms with Crippen molar-refractivity contribution in [3.63, 3.8) is 0 Å². The van der Waals surface area contributed by atoms with E-state index in [9.17, 15) is 13.2 Å². The average Bonchev–Trinajstić information content (AvgIpc) is 3.20. The minimum Gasteiger partial charge on any atom is -0.457 e. The Hall–Kier alpha value is -2.72. The van der Waals surface area contributed by atoms with Gasteiger partial charge in [0.05, 0.1) is 21.6 Å². The molecular weight excluding hydrogens is 430 g/mol. The van der Waals surface area contributed by atoms with Crippen molar-refractivity contribution >= 4 is 27.0 Å². The van der Waals surface area contributed by atoms with Crippen LogP contribution in [0.3, 0.4) is 0 Å². The van der Waals surface area contributed by atoms with Crippen LogP contribution in [-0.2, 0) is 46.2 Å². The molecule has 0 amide bonds. The van der Waals surface area contributed by atoms with Crippen molar-refractivity contribution in [3.05, 3.63) is 41.0 Å². The molecule has 0 spiro atoms. The summed E-state index contributed by atoms with van der Waals surface area (Å²) in [6.07, 6.45) is 1.69. The molecule has 0 fully saturated rings. The van der Waals surface area contributed by atoms with Gasteiger partial charge in [-0.2, -0.15) is 5.10 Å². The van der Waals surface area contributed by atoms with Crippen molar-refractivity contribution in [2.75, 3.05) is 14.1 Å². The van der Waals surface area contributed by atoms with Crippen LogP contribution in [0.1, 0.15) is 42.5 Å². The first-order valence-corrected chi connectivity index (χ1v) is 12.1. The van der Waals surface area contributed by atoms with Crippen LogP contribution in [0, 0.1) is 13.8 Å². The second kappa shape index (κ2) is 9.41. The Bertz CT molecular complexity index is 1240. The molecule has 3 rings (SSSR count). The molecule has 2 aromatic heterocycles. The second-order valence-electron chi connectivity index (χ2n) is 8.05. The Kier molecular flexibility index (Phi) is 7.04. The number of nitrogens with zero attached hydrogens (tertiary/aromatic N) is 5. The largest absolute Gasteiger partial charge is 0.457 e. The molecule has 174 valence electrons. The minimum atomic E-state index is -3.56.